The second kappa shape index (κ2) is 5.92. The fourth-order valence-corrected chi connectivity index (χ4v) is 1.03. The van der Waals surface area contributed by atoms with Gasteiger partial charge in [-0.25, -0.2) is 0 Å². The summed E-state index contributed by atoms with van der Waals surface area (Å²) in [5.41, 5.74) is 11.3. The average Bonchev–Trinajstić information content (AvgIpc) is 2.35. The van der Waals surface area contributed by atoms with Gasteiger partial charge in [-0.15, -0.1) is 0 Å². The number of aliphatic carboxylic acids is 1. The number of esters is 1. The second-order valence-electron chi connectivity index (χ2n) is 3.35. The third-order valence-corrected chi connectivity index (χ3v) is 2.07. The van der Waals surface area contributed by atoms with Crippen LogP contribution in [0.3, 0.4) is 0 Å². The van der Waals surface area contributed by atoms with Crippen molar-refractivity contribution in [2.45, 2.75) is 18.7 Å². The number of carboxylic acids is 1. The molecule has 0 aliphatic rings. The lowest BCUT2D eigenvalue weighted by molar-refractivity contribution is -0.151. The van der Waals surface area contributed by atoms with Crippen molar-refractivity contribution in [1.29, 1.82) is 0 Å². The Morgan fingerprint density at radius 2 is 1.88 bits per heavy atom. The smallest absolute Gasteiger partial charge is 0.325 e. The molecule has 1 aromatic heterocycles. The molecule has 7 heteroatoms. The molecule has 0 aliphatic heterocycles. The van der Waals surface area contributed by atoms with Crippen LogP contribution in [0.1, 0.15) is 5.56 Å². The fourth-order valence-electron chi connectivity index (χ4n) is 1.03. The first-order chi connectivity index (χ1) is 8.02. The molecule has 0 radical (unpaired) electrons. The quantitative estimate of drug-likeness (QED) is 0.554. The summed E-state index contributed by atoms with van der Waals surface area (Å²) >= 11 is 0. The lowest BCUT2D eigenvalue weighted by Gasteiger charge is -2.14. The molecule has 92 valence electrons. The van der Waals surface area contributed by atoms with E-state index in [0.29, 0.717) is 0 Å². The molecule has 1 unspecified atom stereocenters. The van der Waals surface area contributed by atoms with E-state index in [1.807, 2.05) is 0 Å². The predicted molar refractivity (Wildman–Crippen MR) is 57.6 cm³/mol. The number of aromatic nitrogens is 1. The van der Waals surface area contributed by atoms with Crippen LogP contribution < -0.4 is 11.5 Å². The van der Waals surface area contributed by atoms with Gasteiger partial charge < -0.3 is 21.3 Å². The number of carbonyl (C=O) groups excluding carboxylic acids is 1. The summed E-state index contributed by atoms with van der Waals surface area (Å²) in [5, 5.41) is 8.57. The van der Waals surface area contributed by atoms with E-state index >= 15 is 0 Å². The lowest BCUT2D eigenvalue weighted by atomic mass is 10.1. The molecule has 0 amide bonds. The van der Waals surface area contributed by atoms with E-state index in [-0.39, 0.29) is 6.61 Å². The molecule has 0 aromatic carbocycles. The Hall–Kier alpha value is -1.99. The van der Waals surface area contributed by atoms with Gasteiger partial charge in [-0.05, 0) is 17.7 Å². The first-order valence-electron chi connectivity index (χ1n) is 4.82. The molecule has 5 N–H and O–H groups in total. The topological polar surface area (TPSA) is 129 Å². The van der Waals surface area contributed by atoms with Gasteiger partial charge in [0.05, 0.1) is 0 Å². The number of pyridine rings is 1. The molecular weight excluding hydrogens is 226 g/mol. The van der Waals surface area contributed by atoms with Gasteiger partial charge in [0.25, 0.3) is 0 Å². The van der Waals surface area contributed by atoms with E-state index in [4.69, 9.17) is 21.3 Å². The number of carbonyl (C=O) groups is 2. The maximum absolute atomic E-state index is 11.4. The van der Waals surface area contributed by atoms with Crippen molar-refractivity contribution < 1.29 is 19.4 Å². The SMILES string of the molecule is NC(C(=O)O)[C@H](N)C(=O)OCc1ccncc1. The van der Waals surface area contributed by atoms with Gasteiger partial charge in [0.2, 0.25) is 0 Å². The Kier molecular flexibility index (Phi) is 4.56. The van der Waals surface area contributed by atoms with Crippen LogP contribution in [0, 0.1) is 0 Å². The zero-order valence-corrected chi connectivity index (χ0v) is 8.95. The summed E-state index contributed by atoms with van der Waals surface area (Å²) in [6.07, 6.45) is 3.10. The van der Waals surface area contributed by atoms with Crippen molar-refractivity contribution in [2.24, 2.45) is 11.5 Å². The Morgan fingerprint density at radius 1 is 1.29 bits per heavy atom. The largest absolute Gasteiger partial charge is 0.480 e. The van der Waals surface area contributed by atoms with Crippen molar-refractivity contribution in [3.05, 3.63) is 30.1 Å². The number of carboxylic acid groups (broad SMARTS) is 1. The van der Waals surface area contributed by atoms with Gasteiger partial charge in [0.1, 0.15) is 18.7 Å². The van der Waals surface area contributed by atoms with E-state index < -0.39 is 24.0 Å². The van der Waals surface area contributed by atoms with Crippen LogP contribution >= 0.6 is 0 Å². The summed E-state index contributed by atoms with van der Waals surface area (Å²) in [6.45, 7) is 0.00138. The van der Waals surface area contributed by atoms with E-state index in [9.17, 15) is 9.59 Å². The standard InChI is InChI=1S/C10H13N3O4/c11-7(9(14)15)8(12)10(16)17-5-6-1-3-13-4-2-6/h1-4,7-8H,5,11-12H2,(H,14,15)/t7?,8-/m0/s1. The monoisotopic (exact) mass is 239 g/mol. The minimum absolute atomic E-state index is 0.00138. The Labute approximate surface area is 97.4 Å². The maximum atomic E-state index is 11.4. The van der Waals surface area contributed by atoms with Crippen LogP contribution in [0.4, 0.5) is 0 Å². The highest BCUT2D eigenvalue weighted by molar-refractivity contribution is 5.85. The second-order valence-corrected chi connectivity index (χ2v) is 3.35. The van der Waals surface area contributed by atoms with Gasteiger partial charge >= 0.3 is 11.9 Å². The minimum Gasteiger partial charge on any atom is -0.480 e. The Balaban J connectivity index is 2.47. The zero-order valence-electron chi connectivity index (χ0n) is 8.95. The van der Waals surface area contributed by atoms with E-state index in [2.05, 4.69) is 4.98 Å². The average molecular weight is 239 g/mol. The molecule has 1 aromatic rings. The summed E-state index contributed by atoms with van der Waals surface area (Å²) < 4.78 is 4.83. The number of hydrogen-bond acceptors (Lipinski definition) is 6. The molecule has 2 atom stereocenters. The molecule has 0 spiro atoms. The predicted octanol–water partition coefficient (Wildman–Crippen LogP) is -1.14. The van der Waals surface area contributed by atoms with Gasteiger partial charge in [-0.3, -0.25) is 14.6 Å². The Bertz CT molecular complexity index is 396. The molecular formula is C10H13N3O4. The zero-order chi connectivity index (χ0) is 12.8. The molecule has 0 saturated carbocycles. The summed E-state index contributed by atoms with van der Waals surface area (Å²) in [5.74, 6) is -2.20. The first kappa shape index (κ1) is 13.1. The molecule has 0 bridgehead atoms. The van der Waals surface area contributed by atoms with Crippen molar-refractivity contribution in [3.63, 3.8) is 0 Å². The molecule has 1 heterocycles. The van der Waals surface area contributed by atoms with Crippen LogP contribution in [0.15, 0.2) is 24.5 Å². The highest BCUT2D eigenvalue weighted by Crippen LogP contribution is 2.01. The van der Waals surface area contributed by atoms with Crippen LogP contribution in [0.5, 0.6) is 0 Å². The normalized spacial score (nSPS) is 13.8. The summed E-state index contributed by atoms with van der Waals surface area (Å²) in [7, 11) is 0. The van der Waals surface area contributed by atoms with Crippen LogP contribution in [0.2, 0.25) is 0 Å². The fraction of sp³-hybridized carbons (Fsp3) is 0.300. The summed E-state index contributed by atoms with van der Waals surface area (Å²) in [4.78, 5) is 25.7. The molecule has 17 heavy (non-hydrogen) atoms. The number of nitrogens with zero attached hydrogens (tertiary/aromatic N) is 1. The molecule has 0 fully saturated rings. The van der Waals surface area contributed by atoms with Crippen molar-refractivity contribution in [1.82, 2.24) is 4.98 Å². The number of nitrogens with two attached hydrogens (primary N) is 2. The highest BCUT2D eigenvalue weighted by Gasteiger charge is 2.28. The third kappa shape index (κ3) is 3.82. The molecule has 1 rings (SSSR count). The van der Waals surface area contributed by atoms with Crippen LogP contribution in [-0.2, 0) is 20.9 Å². The van der Waals surface area contributed by atoms with E-state index in [1.165, 1.54) is 0 Å². The van der Waals surface area contributed by atoms with E-state index in [1.54, 1.807) is 24.5 Å². The van der Waals surface area contributed by atoms with Crippen molar-refractivity contribution >= 4 is 11.9 Å². The first-order valence-corrected chi connectivity index (χ1v) is 4.82. The maximum Gasteiger partial charge on any atom is 0.325 e. The van der Waals surface area contributed by atoms with Gasteiger partial charge in [0.15, 0.2) is 0 Å². The molecule has 7 nitrogen and oxygen atoms in total. The minimum atomic E-state index is -1.47. The molecule has 0 saturated heterocycles. The number of ether oxygens (including phenoxy) is 1. The number of rotatable bonds is 5. The van der Waals surface area contributed by atoms with Crippen molar-refractivity contribution in [2.75, 3.05) is 0 Å². The lowest BCUT2D eigenvalue weighted by Crippen LogP contribution is -2.52. The van der Waals surface area contributed by atoms with Gasteiger partial charge in [0, 0.05) is 12.4 Å². The molecule has 0 aliphatic carbocycles. The van der Waals surface area contributed by atoms with Crippen molar-refractivity contribution in [3.8, 4) is 0 Å². The Morgan fingerprint density at radius 3 is 2.41 bits per heavy atom. The third-order valence-electron chi connectivity index (χ3n) is 2.07. The highest BCUT2D eigenvalue weighted by atomic mass is 16.5. The van der Waals surface area contributed by atoms with Crippen LogP contribution in [0.25, 0.3) is 0 Å². The summed E-state index contributed by atoms with van der Waals surface area (Å²) in [6, 6.07) is 0.473. The number of hydrogen-bond donors (Lipinski definition) is 3. The van der Waals surface area contributed by atoms with Gasteiger partial charge in [-0.2, -0.15) is 0 Å². The van der Waals surface area contributed by atoms with Crippen LogP contribution in [-0.4, -0.2) is 34.1 Å². The van der Waals surface area contributed by atoms with Gasteiger partial charge in [-0.1, -0.05) is 0 Å². The van der Waals surface area contributed by atoms with E-state index in [0.717, 1.165) is 5.56 Å².